The monoisotopic (exact) mass is 347 g/mol. The highest BCUT2D eigenvalue weighted by Crippen LogP contribution is 2.42. The van der Waals surface area contributed by atoms with E-state index >= 15 is 0 Å². The Labute approximate surface area is 145 Å². The maximum Gasteiger partial charge on any atom is 0.250 e. The Balaban J connectivity index is 1.63. The molecule has 0 unspecified atom stereocenters. The van der Waals surface area contributed by atoms with Gasteiger partial charge in [-0.3, -0.25) is 14.4 Å². The molecule has 0 spiro atoms. The largest absolute Gasteiger partial charge is 0.345 e. The smallest absolute Gasteiger partial charge is 0.250 e. The van der Waals surface area contributed by atoms with Crippen molar-refractivity contribution in [3.05, 3.63) is 24.3 Å². The Bertz CT molecular complexity index is 673. The fraction of sp³-hybridized carbons (Fsp3) is 0.471. The van der Waals surface area contributed by atoms with Gasteiger partial charge in [0.25, 0.3) is 0 Å². The number of nitrogens with zero attached hydrogens (tertiary/aromatic N) is 1. The number of nitrogens with one attached hydrogen (secondary N) is 2. The number of amides is 3. The van der Waals surface area contributed by atoms with Crippen molar-refractivity contribution in [3.63, 3.8) is 0 Å². The first kappa shape index (κ1) is 16.8. The first-order valence-corrected chi connectivity index (χ1v) is 8.98. The Morgan fingerprint density at radius 1 is 1.25 bits per heavy atom. The predicted octanol–water partition coefficient (Wildman–Crippen LogP) is 1.62. The number of hydrogen-bond acceptors (Lipinski definition) is 4. The van der Waals surface area contributed by atoms with Crippen LogP contribution < -0.4 is 10.6 Å². The summed E-state index contributed by atoms with van der Waals surface area (Å²) in [4.78, 5) is 39.7. The van der Waals surface area contributed by atoms with Crippen LogP contribution in [0.5, 0.6) is 0 Å². The molecule has 1 aromatic carbocycles. The van der Waals surface area contributed by atoms with E-state index in [4.69, 9.17) is 0 Å². The van der Waals surface area contributed by atoms with Gasteiger partial charge < -0.3 is 15.5 Å². The second-order valence-electron chi connectivity index (χ2n) is 6.21. The van der Waals surface area contributed by atoms with Crippen molar-refractivity contribution in [3.8, 4) is 0 Å². The number of anilines is 1. The number of hydrogen-bond donors (Lipinski definition) is 2. The summed E-state index contributed by atoms with van der Waals surface area (Å²) < 4.78 is -1.28. The number of benzene rings is 1. The normalized spacial score (nSPS) is 23.2. The van der Waals surface area contributed by atoms with E-state index in [9.17, 15) is 14.4 Å². The highest BCUT2D eigenvalue weighted by Gasteiger charge is 2.45. The second kappa shape index (κ2) is 6.84. The molecule has 1 saturated heterocycles. The lowest BCUT2D eigenvalue weighted by molar-refractivity contribution is -0.135. The molecule has 2 heterocycles. The molecule has 0 aliphatic carbocycles. The zero-order valence-electron chi connectivity index (χ0n) is 13.6. The molecule has 0 bridgehead atoms. The van der Waals surface area contributed by atoms with Crippen LogP contribution in [0.25, 0.3) is 0 Å². The van der Waals surface area contributed by atoms with Crippen molar-refractivity contribution in [2.24, 2.45) is 0 Å². The maximum atomic E-state index is 12.6. The van der Waals surface area contributed by atoms with Gasteiger partial charge in [-0.2, -0.15) is 0 Å². The van der Waals surface area contributed by atoms with Gasteiger partial charge >= 0.3 is 0 Å². The van der Waals surface area contributed by atoms with E-state index in [-0.39, 0.29) is 18.4 Å². The van der Waals surface area contributed by atoms with Crippen LogP contribution in [0, 0.1) is 0 Å². The zero-order chi connectivity index (χ0) is 17.2. The molecular formula is C17H21N3O3S. The molecule has 128 valence electrons. The van der Waals surface area contributed by atoms with Crippen LogP contribution in [0.4, 0.5) is 5.69 Å². The lowest BCUT2D eigenvalue weighted by atomic mass is 10.1. The maximum absolute atomic E-state index is 12.6. The van der Waals surface area contributed by atoms with Crippen molar-refractivity contribution in [2.75, 3.05) is 25.0 Å². The summed E-state index contributed by atoms with van der Waals surface area (Å²) in [6.45, 7) is 3.01. The number of fused-ring (bicyclic) bond motifs is 1. The molecule has 3 rings (SSSR count). The van der Waals surface area contributed by atoms with Gasteiger partial charge in [-0.05, 0) is 38.3 Å². The Morgan fingerprint density at radius 3 is 2.71 bits per heavy atom. The molecule has 2 aliphatic rings. The zero-order valence-corrected chi connectivity index (χ0v) is 14.4. The highest BCUT2D eigenvalue weighted by molar-refractivity contribution is 8.02. The topological polar surface area (TPSA) is 78.5 Å². The molecular weight excluding hydrogens is 326 g/mol. The number of para-hydroxylation sites is 1. The SMILES string of the molecule is C[C@@]1(C(=O)NCC(=O)N2CCCCC2)Sc2ccccc2NC1=O. The summed E-state index contributed by atoms with van der Waals surface area (Å²) >= 11 is 1.21. The molecule has 24 heavy (non-hydrogen) atoms. The summed E-state index contributed by atoms with van der Waals surface area (Å²) in [5, 5.41) is 5.41. The van der Waals surface area contributed by atoms with Gasteiger partial charge in [0.2, 0.25) is 17.7 Å². The predicted molar refractivity (Wildman–Crippen MR) is 92.8 cm³/mol. The molecule has 1 atom stereocenters. The molecule has 3 amide bonds. The highest BCUT2D eigenvalue weighted by atomic mass is 32.2. The first-order chi connectivity index (χ1) is 11.5. The summed E-state index contributed by atoms with van der Waals surface area (Å²) in [6, 6.07) is 7.36. The van der Waals surface area contributed by atoms with Crippen molar-refractivity contribution < 1.29 is 14.4 Å². The van der Waals surface area contributed by atoms with Gasteiger partial charge in [-0.1, -0.05) is 23.9 Å². The minimum Gasteiger partial charge on any atom is -0.345 e. The Kier molecular flexibility index (Phi) is 4.80. The number of rotatable bonds is 3. The van der Waals surface area contributed by atoms with E-state index in [0.29, 0.717) is 5.69 Å². The van der Waals surface area contributed by atoms with E-state index in [1.54, 1.807) is 17.9 Å². The molecule has 1 fully saturated rings. The molecule has 2 aliphatic heterocycles. The van der Waals surface area contributed by atoms with E-state index < -0.39 is 10.7 Å². The average molecular weight is 347 g/mol. The van der Waals surface area contributed by atoms with Crippen LogP contribution >= 0.6 is 11.8 Å². The molecule has 0 aromatic heterocycles. The lowest BCUT2D eigenvalue weighted by Crippen LogP contribution is -2.54. The van der Waals surface area contributed by atoms with Crippen molar-refractivity contribution in [1.82, 2.24) is 10.2 Å². The Morgan fingerprint density at radius 2 is 1.96 bits per heavy atom. The van der Waals surface area contributed by atoms with E-state index in [2.05, 4.69) is 10.6 Å². The van der Waals surface area contributed by atoms with Gasteiger partial charge in [-0.25, -0.2) is 0 Å². The molecule has 2 N–H and O–H groups in total. The van der Waals surface area contributed by atoms with Crippen LogP contribution in [0.15, 0.2) is 29.2 Å². The van der Waals surface area contributed by atoms with E-state index in [1.165, 1.54) is 11.8 Å². The second-order valence-corrected chi connectivity index (χ2v) is 7.67. The van der Waals surface area contributed by atoms with E-state index in [1.807, 2.05) is 18.2 Å². The van der Waals surface area contributed by atoms with Crippen LogP contribution in [0.3, 0.4) is 0 Å². The van der Waals surface area contributed by atoms with Crippen LogP contribution in [0.2, 0.25) is 0 Å². The van der Waals surface area contributed by atoms with Gasteiger partial charge in [0, 0.05) is 18.0 Å². The third-order valence-corrected chi connectivity index (χ3v) is 5.78. The van der Waals surface area contributed by atoms with Crippen LogP contribution in [-0.4, -0.2) is 47.0 Å². The quantitative estimate of drug-likeness (QED) is 0.815. The van der Waals surface area contributed by atoms with Crippen molar-refractivity contribution in [2.45, 2.75) is 35.8 Å². The fourth-order valence-electron chi connectivity index (χ4n) is 2.90. The van der Waals surface area contributed by atoms with E-state index in [0.717, 1.165) is 37.2 Å². The van der Waals surface area contributed by atoms with Crippen LogP contribution in [0.1, 0.15) is 26.2 Å². The number of thioether (sulfide) groups is 1. The average Bonchev–Trinajstić information content (AvgIpc) is 2.61. The number of carbonyl (C=O) groups excluding carboxylic acids is 3. The minimum atomic E-state index is -1.28. The molecule has 7 heteroatoms. The standard InChI is InChI=1S/C17H21N3O3S/c1-17(16(23)19-12-7-3-4-8-13(12)24-17)15(22)18-11-14(21)20-9-5-2-6-10-20/h3-4,7-8H,2,5-6,9-11H2,1H3,(H,18,22)(H,19,23)/t17-/m0/s1. The minimum absolute atomic E-state index is 0.0656. The number of carbonyl (C=O) groups is 3. The van der Waals surface area contributed by atoms with Gasteiger partial charge in [-0.15, -0.1) is 0 Å². The number of likely N-dealkylation sites (tertiary alicyclic amines) is 1. The molecule has 6 nitrogen and oxygen atoms in total. The van der Waals surface area contributed by atoms with Gasteiger partial charge in [0.05, 0.1) is 12.2 Å². The summed E-state index contributed by atoms with van der Waals surface area (Å²) in [5.74, 6) is -0.896. The van der Waals surface area contributed by atoms with Gasteiger partial charge in [0.1, 0.15) is 0 Å². The molecule has 1 aromatic rings. The number of piperidine rings is 1. The fourth-order valence-corrected chi connectivity index (χ4v) is 4.02. The van der Waals surface area contributed by atoms with Crippen molar-refractivity contribution in [1.29, 1.82) is 0 Å². The first-order valence-electron chi connectivity index (χ1n) is 8.16. The van der Waals surface area contributed by atoms with Crippen LogP contribution in [-0.2, 0) is 14.4 Å². The molecule has 0 radical (unpaired) electrons. The summed E-state index contributed by atoms with van der Waals surface area (Å²) in [6.07, 6.45) is 3.16. The van der Waals surface area contributed by atoms with Gasteiger partial charge in [0.15, 0.2) is 4.75 Å². The lowest BCUT2D eigenvalue weighted by Gasteiger charge is -2.32. The third-order valence-electron chi connectivity index (χ3n) is 4.42. The van der Waals surface area contributed by atoms with Crippen molar-refractivity contribution >= 4 is 35.2 Å². The molecule has 0 saturated carbocycles. The Hall–Kier alpha value is -2.02. The summed E-state index contributed by atoms with van der Waals surface area (Å²) in [7, 11) is 0. The summed E-state index contributed by atoms with van der Waals surface area (Å²) in [5.41, 5.74) is 0.710. The third kappa shape index (κ3) is 3.26.